The molecule has 0 aliphatic rings. The molecule has 0 bridgehead atoms. The number of oxazole rings is 1. The summed E-state index contributed by atoms with van der Waals surface area (Å²) in [6.45, 7) is 2.69. The molecule has 0 N–H and O–H groups in total. The normalized spacial score (nSPS) is 12.8. The van der Waals surface area contributed by atoms with Crippen LogP contribution in [0, 0.1) is 5.82 Å². The van der Waals surface area contributed by atoms with Crippen molar-refractivity contribution in [2.45, 2.75) is 19.5 Å². The van der Waals surface area contributed by atoms with Gasteiger partial charge in [0.2, 0.25) is 5.89 Å². The van der Waals surface area contributed by atoms with Gasteiger partial charge >= 0.3 is 0 Å². The molecule has 2 aromatic heterocycles. The minimum atomic E-state index is -0.266. The molecule has 2 aromatic carbocycles. The van der Waals surface area contributed by atoms with Crippen molar-refractivity contribution in [1.82, 2.24) is 14.9 Å². The largest absolute Gasteiger partial charge is 0.439 e. The molecule has 0 saturated heterocycles. The number of thiazole rings is 1. The zero-order chi connectivity index (χ0) is 18.1. The standard InChI is InChI=1S/C20H18FN3OS/c1-13(20-23-16-5-3-4-6-18(16)26-20)24(2)12-19-22-11-17(25-19)14-7-9-15(21)10-8-14/h3-11,13H,12H2,1-2H3/t13-/m1/s1. The molecule has 0 radical (unpaired) electrons. The Morgan fingerprint density at radius 2 is 1.92 bits per heavy atom. The van der Waals surface area contributed by atoms with Crippen molar-refractivity contribution in [3.63, 3.8) is 0 Å². The van der Waals surface area contributed by atoms with Crippen LogP contribution in [-0.4, -0.2) is 21.9 Å². The summed E-state index contributed by atoms with van der Waals surface area (Å²) in [5, 5.41) is 1.07. The first-order valence-electron chi connectivity index (χ1n) is 8.36. The Bertz CT molecular complexity index is 992. The highest BCUT2D eigenvalue weighted by molar-refractivity contribution is 7.18. The summed E-state index contributed by atoms with van der Waals surface area (Å²) >= 11 is 1.71. The summed E-state index contributed by atoms with van der Waals surface area (Å²) in [6, 6.07) is 14.5. The summed E-state index contributed by atoms with van der Waals surface area (Å²) in [5.74, 6) is 0.999. The number of rotatable bonds is 5. The minimum Gasteiger partial charge on any atom is -0.439 e. The Morgan fingerprint density at radius 3 is 2.69 bits per heavy atom. The number of halogens is 1. The van der Waals surface area contributed by atoms with Gasteiger partial charge in [-0.15, -0.1) is 11.3 Å². The molecule has 26 heavy (non-hydrogen) atoms. The maximum Gasteiger partial charge on any atom is 0.209 e. The van der Waals surface area contributed by atoms with Gasteiger partial charge in [0.25, 0.3) is 0 Å². The topological polar surface area (TPSA) is 42.2 Å². The SMILES string of the molecule is C[C@H](c1nc2ccccc2s1)N(C)Cc1ncc(-c2ccc(F)cc2)o1. The number of hydrogen-bond donors (Lipinski definition) is 0. The van der Waals surface area contributed by atoms with Crippen LogP contribution in [0.3, 0.4) is 0 Å². The third-order valence-electron chi connectivity index (χ3n) is 4.40. The van der Waals surface area contributed by atoms with Gasteiger partial charge in [0.15, 0.2) is 5.76 Å². The van der Waals surface area contributed by atoms with E-state index in [2.05, 4.69) is 22.9 Å². The van der Waals surface area contributed by atoms with E-state index in [4.69, 9.17) is 9.40 Å². The van der Waals surface area contributed by atoms with E-state index < -0.39 is 0 Å². The molecular formula is C20H18FN3OS. The van der Waals surface area contributed by atoms with Gasteiger partial charge in [0, 0.05) is 5.56 Å². The Hall–Kier alpha value is -2.57. The predicted molar refractivity (Wildman–Crippen MR) is 101 cm³/mol. The van der Waals surface area contributed by atoms with E-state index in [9.17, 15) is 4.39 Å². The summed E-state index contributed by atoms with van der Waals surface area (Å²) in [6.07, 6.45) is 1.68. The first-order chi connectivity index (χ1) is 12.6. The Labute approximate surface area is 154 Å². The fraction of sp³-hybridized carbons (Fsp3) is 0.200. The van der Waals surface area contributed by atoms with Crippen molar-refractivity contribution >= 4 is 21.6 Å². The highest BCUT2D eigenvalue weighted by Gasteiger charge is 2.18. The number of benzene rings is 2. The van der Waals surface area contributed by atoms with E-state index in [0.29, 0.717) is 18.2 Å². The highest BCUT2D eigenvalue weighted by Crippen LogP contribution is 2.30. The van der Waals surface area contributed by atoms with Crippen LogP contribution in [0.1, 0.15) is 23.9 Å². The van der Waals surface area contributed by atoms with Crippen molar-refractivity contribution in [2.24, 2.45) is 0 Å². The van der Waals surface area contributed by atoms with Crippen LogP contribution in [0.25, 0.3) is 21.5 Å². The van der Waals surface area contributed by atoms with Crippen LogP contribution in [0.2, 0.25) is 0 Å². The molecule has 0 amide bonds. The van der Waals surface area contributed by atoms with Gasteiger partial charge in [-0.3, -0.25) is 4.90 Å². The van der Waals surface area contributed by atoms with E-state index in [0.717, 1.165) is 16.1 Å². The lowest BCUT2D eigenvalue weighted by molar-refractivity contribution is 0.228. The van der Waals surface area contributed by atoms with Crippen LogP contribution in [0.5, 0.6) is 0 Å². The van der Waals surface area contributed by atoms with E-state index >= 15 is 0 Å². The Balaban J connectivity index is 1.49. The average Bonchev–Trinajstić information content (AvgIpc) is 3.28. The molecule has 0 aliphatic heterocycles. The van der Waals surface area contributed by atoms with Gasteiger partial charge in [-0.25, -0.2) is 14.4 Å². The monoisotopic (exact) mass is 367 g/mol. The second-order valence-electron chi connectivity index (χ2n) is 6.24. The maximum absolute atomic E-state index is 13.0. The first kappa shape index (κ1) is 16.9. The second-order valence-corrected chi connectivity index (χ2v) is 7.30. The van der Waals surface area contributed by atoms with Crippen LogP contribution < -0.4 is 0 Å². The number of aromatic nitrogens is 2. The Kier molecular flexibility index (Phi) is 4.53. The summed E-state index contributed by atoms with van der Waals surface area (Å²) in [4.78, 5) is 11.2. The third-order valence-corrected chi connectivity index (χ3v) is 5.60. The van der Waals surface area contributed by atoms with Gasteiger partial charge < -0.3 is 4.42 Å². The van der Waals surface area contributed by atoms with E-state index in [1.54, 1.807) is 29.7 Å². The third kappa shape index (κ3) is 3.38. The number of hydrogen-bond acceptors (Lipinski definition) is 5. The minimum absolute atomic E-state index is 0.147. The molecule has 4 rings (SSSR count). The van der Waals surface area contributed by atoms with Crippen LogP contribution in [0.4, 0.5) is 4.39 Å². The molecule has 0 fully saturated rings. The van der Waals surface area contributed by atoms with Gasteiger partial charge in [0.1, 0.15) is 10.8 Å². The summed E-state index contributed by atoms with van der Waals surface area (Å²) < 4.78 is 20.1. The molecule has 132 valence electrons. The van der Waals surface area contributed by atoms with E-state index in [1.807, 2.05) is 25.2 Å². The van der Waals surface area contributed by atoms with Crippen molar-refractivity contribution in [3.8, 4) is 11.3 Å². The van der Waals surface area contributed by atoms with Crippen LogP contribution in [-0.2, 0) is 6.54 Å². The molecule has 0 unspecified atom stereocenters. The smallest absolute Gasteiger partial charge is 0.209 e. The zero-order valence-electron chi connectivity index (χ0n) is 14.5. The molecule has 0 saturated carbocycles. The molecule has 0 spiro atoms. The van der Waals surface area contributed by atoms with Gasteiger partial charge in [-0.05, 0) is 50.4 Å². The summed E-state index contributed by atoms with van der Waals surface area (Å²) in [7, 11) is 2.03. The van der Waals surface area contributed by atoms with Crippen molar-refractivity contribution in [3.05, 3.63) is 71.4 Å². The molecule has 2 heterocycles. The molecular weight excluding hydrogens is 349 g/mol. The number of para-hydroxylation sites is 1. The van der Waals surface area contributed by atoms with E-state index in [1.165, 1.54) is 16.8 Å². The van der Waals surface area contributed by atoms with Crippen LogP contribution in [0.15, 0.2) is 59.1 Å². The fourth-order valence-corrected chi connectivity index (χ4v) is 3.82. The maximum atomic E-state index is 13.0. The lowest BCUT2D eigenvalue weighted by Gasteiger charge is -2.21. The van der Waals surface area contributed by atoms with Gasteiger partial charge in [-0.1, -0.05) is 12.1 Å². The van der Waals surface area contributed by atoms with E-state index in [-0.39, 0.29) is 11.9 Å². The summed E-state index contributed by atoms with van der Waals surface area (Å²) in [5.41, 5.74) is 1.84. The number of fused-ring (bicyclic) bond motifs is 1. The first-order valence-corrected chi connectivity index (χ1v) is 9.18. The molecule has 1 atom stereocenters. The molecule has 6 heteroatoms. The Morgan fingerprint density at radius 1 is 1.15 bits per heavy atom. The van der Waals surface area contributed by atoms with Gasteiger partial charge in [-0.2, -0.15) is 0 Å². The zero-order valence-corrected chi connectivity index (χ0v) is 15.3. The average molecular weight is 367 g/mol. The van der Waals surface area contributed by atoms with Crippen molar-refractivity contribution in [2.75, 3.05) is 7.05 Å². The lowest BCUT2D eigenvalue weighted by atomic mass is 10.2. The lowest BCUT2D eigenvalue weighted by Crippen LogP contribution is -2.21. The molecule has 0 aliphatic carbocycles. The van der Waals surface area contributed by atoms with Crippen LogP contribution >= 0.6 is 11.3 Å². The van der Waals surface area contributed by atoms with Gasteiger partial charge in [0.05, 0.1) is 29.0 Å². The molecule has 4 nitrogen and oxygen atoms in total. The quantitative estimate of drug-likeness (QED) is 0.481. The van der Waals surface area contributed by atoms with Crippen molar-refractivity contribution in [1.29, 1.82) is 0 Å². The predicted octanol–water partition coefficient (Wildman–Crippen LogP) is 5.28. The number of nitrogens with zero attached hydrogens (tertiary/aromatic N) is 3. The second kappa shape index (κ2) is 6.97. The molecule has 4 aromatic rings. The van der Waals surface area contributed by atoms with Crippen molar-refractivity contribution < 1.29 is 8.81 Å². The fourth-order valence-electron chi connectivity index (χ4n) is 2.74. The highest BCUT2D eigenvalue weighted by atomic mass is 32.1.